The van der Waals surface area contributed by atoms with Crippen LogP contribution in [0.1, 0.15) is 49.8 Å². The molecule has 0 bridgehead atoms. The van der Waals surface area contributed by atoms with Crippen LogP contribution in [-0.4, -0.2) is 41.2 Å². The van der Waals surface area contributed by atoms with Gasteiger partial charge in [0, 0.05) is 17.9 Å². The van der Waals surface area contributed by atoms with Crippen LogP contribution in [0.4, 0.5) is 0 Å². The highest BCUT2D eigenvalue weighted by molar-refractivity contribution is 7.78. The van der Waals surface area contributed by atoms with Crippen LogP contribution in [0.3, 0.4) is 0 Å². The van der Waals surface area contributed by atoms with Gasteiger partial charge in [-0.05, 0) is 44.8 Å². The van der Waals surface area contributed by atoms with E-state index in [-0.39, 0.29) is 5.92 Å². The largest absolute Gasteiger partial charge is 0.263 e. The Balaban J connectivity index is 1.52. The molecule has 2 heterocycles. The normalized spacial score (nSPS) is 13.1. The Morgan fingerprint density at radius 1 is 1.03 bits per heavy atom. The third kappa shape index (κ3) is 4.74. The Labute approximate surface area is 186 Å². The van der Waals surface area contributed by atoms with Gasteiger partial charge in [0.25, 0.3) is 0 Å². The number of hydrogen-bond donors (Lipinski definition) is 2. The summed E-state index contributed by atoms with van der Waals surface area (Å²) < 4.78 is 0. The zero-order valence-electron chi connectivity index (χ0n) is 17.6. The minimum atomic E-state index is 0.261. The molecule has 8 heteroatoms. The highest BCUT2D eigenvalue weighted by Crippen LogP contribution is 2.30. The number of aromatic nitrogens is 7. The fourth-order valence-electron chi connectivity index (χ4n) is 3.75. The van der Waals surface area contributed by atoms with E-state index in [4.69, 9.17) is 17.2 Å². The monoisotopic (exact) mass is 431 g/mol. The van der Waals surface area contributed by atoms with E-state index in [9.17, 15) is 0 Å². The Morgan fingerprint density at radius 3 is 2.48 bits per heavy atom. The molecule has 2 unspecified atom stereocenters. The molecule has 0 radical (unpaired) electrons. The minimum Gasteiger partial charge on any atom is -0.263 e. The fraction of sp³-hybridized carbons (Fsp3) is 0.304. The maximum atomic E-state index is 5.09. The Hall–Kier alpha value is -3.26. The molecule has 4 rings (SSSR count). The first-order valence-corrected chi connectivity index (χ1v) is 10.9. The predicted octanol–water partition coefficient (Wildman–Crippen LogP) is 4.76. The number of rotatable bonds is 9. The molecule has 0 spiro atoms. The molecule has 0 saturated heterocycles. The Bertz CT molecular complexity index is 1120. The molecule has 0 saturated carbocycles. The van der Waals surface area contributed by atoms with E-state index in [1.807, 2.05) is 18.2 Å². The fourth-order valence-corrected chi connectivity index (χ4v) is 3.95. The second-order valence-electron chi connectivity index (χ2n) is 7.70. The number of benzene rings is 2. The van der Waals surface area contributed by atoms with Gasteiger partial charge in [-0.3, -0.25) is 5.10 Å². The van der Waals surface area contributed by atoms with E-state index in [1.165, 1.54) is 5.56 Å². The van der Waals surface area contributed by atoms with Crippen LogP contribution in [-0.2, 0) is 6.42 Å². The van der Waals surface area contributed by atoms with E-state index in [0.717, 1.165) is 41.2 Å². The van der Waals surface area contributed by atoms with Crippen molar-refractivity contribution in [1.29, 1.82) is 0 Å². The molecule has 4 aromatic rings. The van der Waals surface area contributed by atoms with Crippen LogP contribution in [0.25, 0.3) is 22.5 Å². The van der Waals surface area contributed by atoms with Crippen molar-refractivity contribution in [3.63, 3.8) is 0 Å². The van der Waals surface area contributed by atoms with Gasteiger partial charge in [0.2, 0.25) is 0 Å². The third-order valence-electron chi connectivity index (χ3n) is 5.73. The molecule has 2 N–H and O–H groups in total. The molecule has 158 valence electrons. The molecule has 0 aliphatic heterocycles. The van der Waals surface area contributed by atoms with Gasteiger partial charge in [0.1, 0.15) is 5.82 Å². The molecule has 0 aliphatic rings. The third-order valence-corrected chi connectivity index (χ3v) is 5.92. The quantitative estimate of drug-likeness (QED) is 0.371. The molecule has 0 amide bonds. The van der Waals surface area contributed by atoms with E-state index in [1.54, 1.807) is 5.37 Å². The summed E-state index contributed by atoms with van der Waals surface area (Å²) in [6, 6.07) is 16.5. The summed E-state index contributed by atoms with van der Waals surface area (Å²) in [5.74, 6) is 3.13. The molecule has 2 aromatic carbocycles. The molecular weight excluding hydrogens is 406 g/mol. The Morgan fingerprint density at radius 2 is 1.81 bits per heavy atom. The number of thiocarbonyl (C=S) groups is 1. The number of H-pyrrole nitrogens is 2. The maximum Gasteiger partial charge on any atom is 0.180 e. The average Bonchev–Trinajstić information content (AvgIpc) is 3.50. The zero-order valence-corrected chi connectivity index (χ0v) is 18.4. The lowest BCUT2D eigenvalue weighted by Crippen LogP contribution is -2.11. The lowest BCUT2D eigenvalue weighted by atomic mass is 9.89. The van der Waals surface area contributed by atoms with Gasteiger partial charge >= 0.3 is 0 Å². The van der Waals surface area contributed by atoms with Crippen molar-refractivity contribution in [2.75, 3.05) is 0 Å². The summed E-state index contributed by atoms with van der Waals surface area (Å²) in [4.78, 5) is 4.76. The number of nitrogens with one attached hydrogen (secondary N) is 2. The van der Waals surface area contributed by atoms with Crippen LogP contribution in [0.2, 0.25) is 0 Å². The summed E-state index contributed by atoms with van der Waals surface area (Å²) in [7, 11) is 0. The van der Waals surface area contributed by atoms with E-state index >= 15 is 0 Å². The SMILES string of the molecule is CCC(C)C(CC=S)c1n[nH]c(Cc2ccc(-c3ccccc3-c3nnn[nH]3)cc2)n1. The molecule has 2 aromatic heterocycles. The zero-order chi connectivity index (χ0) is 21.6. The number of aromatic amines is 2. The van der Waals surface area contributed by atoms with Crippen LogP contribution < -0.4 is 0 Å². The lowest BCUT2D eigenvalue weighted by Gasteiger charge is -2.17. The average molecular weight is 432 g/mol. The van der Waals surface area contributed by atoms with E-state index in [2.05, 4.69) is 75.0 Å². The van der Waals surface area contributed by atoms with E-state index in [0.29, 0.717) is 18.2 Å². The van der Waals surface area contributed by atoms with Crippen molar-refractivity contribution in [3.05, 3.63) is 65.7 Å². The first kappa shape index (κ1) is 21.0. The van der Waals surface area contributed by atoms with Crippen molar-refractivity contribution < 1.29 is 0 Å². The van der Waals surface area contributed by atoms with Gasteiger partial charge < -0.3 is 0 Å². The molecular formula is C23H25N7S. The summed E-state index contributed by atoms with van der Waals surface area (Å²) >= 11 is 5.09. The standard InChI is InChI=1S/C23H25N7S/c1-3-15(2)18(12-13-31)22-24-21(25-26-22)14-16-8-10-17(11-9-16)19-6-4-5-7-20(19)23-27-29-30-28-23/h4-11,13,15,18H,3,12,14H2,1-2H3,(H,24,25,26)(H,27,28,29,30). The second kappa shape index (κ2) is 9.70. The molecule has 2 atom stereocenters. The number of nitrogens with zero attached hydrogens (tertiary/aromatic N) is 5. The van der Waals surface area contributed by atoms with Gasteiger partial charge in [-0.15, -0.1) is 5.10 Å². The van der Waals surface area contributed by atoms with E-state index < -0.39 is 0 Å². The van der Waals surface area contributed by atoms with Crippen molar-refractivity contribution in [2.45, 2.75) is 39.0 Å². The summed E-state index contributed by atoms with van der Waals surface area (Å²) in [6.45, 7) is 4.41. The van der Waals surface area contributed by atoms with Crippen molar-refractivity contribution in [2.24, 2.45) is 5.92 Å². The highest BCUT2D eigenvalue weighted by Gasteiger charge is 2.21. The van der Waals surface area contributed by atoms with Crippen LogP contribution in [0.15, 0.2) is 48.5 Å². The van der Waals surface area contributed by atoms with Crippen molar-refractivity contribution in [1.82, 2.24) is 35.8 Å². The second-order valence-corrected chi connectivity index (χ2v) is 8.04. The van der Waals surface area contributed by atoms with Crippen LogP contribution in [0, 0.1) is 5.92 Å². The summed E-state index contributed by atoms with van der Waals surface area (Å²) in [5, 5.41) is 23.7. The molecule has 31 heavy (non-hydrogen) atoms. The van der Waals surface area contributed by atoms with Crippen molar-refractivity contribution >= 4 is 17.6 Å². The van der Waals surface area contributed by atoms with Gasteiger partial charge in [-0.1, -0.05) is 81.0 Å². The van der Waals surface area contributed by atoms with Crippen LogP contribution >= 0.6 is 12.2 Å². The smallest absolute Gasteiger partial charge is 0.180 e. The van der Waals surface area contributed by atoms with Gasteiger partial charge in [0.15, 0.2) is 11.6 Å². The van der Waals surface area contributed by atoms with Crippen LogP contribution in [0.5, 0.6) is 0 Å². The Kier molecular flexibility index (Phi) is 6.57. The van der Waals surface area contributed by atoms with Gasteiger partial charge in [-0.25, -0.2) is 10.1 Å². The first-order chi connectivity index (χ1) is 15.2. The molecule has 7 nitrogen and oxygen atoms in total. The number of hydrogen-bond acceptors (Lipinski definition) is 6. The highest BCUT2D eigenvalue weighted by atomic mass is 32.1. The minimum absolute atomic E-state index is 0.261. The molecule has 0 aliphatic carbocycles. The summed E-state index contributed by atoms with van der Waals surface area (Å²) in [5.41, 5.74) is 4.31. The number of tetrazole rings is 1. The first-order valence-electron chi connectivity index (χ1n) is 10.5. The van der Waals surface area contributed by atoms with Gasteiger partial charge in [-0.2, -0.15) is 5.10 Å². The molecule has 0 fully saturated rings. The van der Waals surface area contributed by atoms with Crippen molar-refractivity contribution in [3.8, 4) is 22.5 Å². The lowest BCUT2D eigenvalue weighted by molar-refractivity contribution is 0.441. The topological polar surface area (TPSA) is 96.0 Å². The summed E-state index contributed by atoms with van der Waals surface area (Å²) in [6.07, 6.45) is 2.59. The van der Waals surface area contributed by atoms with Gasteiger partial charge in [0.05, 0.1) is 0 Å². The predicted molar refractivity (Wildman–Crippen MR) is 125 cm³/mol. The maximum absolute atomic E-state index is 5.09.